The maximum atomic E-state index is 13.3. The number of nitrogens with zero attached hydrogens (tertiary/aromatic N) is 2. The van der Waals surface area contributed by atoms with E-state index in [2.05, 4.69) is 15.3 Å². The number of nitrogens with one attached hydrogen (secondary N) is 1. The lowest BCUT2D eigenvalue weighted by Gasteiger charge is -2.12. The summed E-state index contributed by atoms with van der Waals surface area (Å²) in [6.07, 6.45) is -4.43. The van der Waals surface area contributed by atoms with Crippen molar-refractivity contribution in [2.45, 2.75) is 16.0 Å². The molecule has 0 unspecified atom stereocenters. The second-order valence-electron chi connectivity index (χ2n) is 7.14. The van der Waals surface area contributed by atoms with E-state index >= 15 is 0 Å². The fourth-order valence-electron chi connectivity index (χ4n) is 3.35. The van der Waals surface area contributed by atoms with Crippen molar-refractivity contribution in [1.29, 1.82) is 0 Å². The molecule has 1 aliphatic rings. The molecule has 0 amide bonds. The summed E-state index contributed by atoms with van der Waals surface area (Å²) in [6, 6.07) is 18.8. The minimum atomic E-state index is -4.43. The van der Waals surface area contributed by atoms with Gasteiger partial charge in [0.1, 0.15) is 11.6 Å². The Kier molecular flexibility index (Phi) is 5.59. The Bertz CT molecular complexity index is 1350. The third kappa shape index (κ3) is 4.46. The van der Waals surface area contributed by atoms with Crippen LogP contribution in [0.25, 0.3) is 11.3 Å². The first kappa shape index (κ1) is 21.5. The summed E-state index contributed by atoms with van der Waals surface area (Å²) in [5, 5.41) is 5.52. The summed E-state index contributed by atoms with van der Waals surface area (Å²) >= 11 is 2.76. The van der Waals surface area contributed by atoms with E-state index in [-0.39, 0.29) is 0 Å². The van der Waals surface area contributed by atoms with Crippen LogP contribution in [-0.2, 0) is 6.18 Å². The molecular formula is C24H16F3N3OS2. The first-order valence-electron chi connectivity index (χ1n) is 9.85. The Hall–Kier alpha value is -3.30. The number of hydrogen-bond donors (Lipinski definition) is 1. The monoisotopic (exact) mass is 483 g/mol. The highest BCUT2D eigenvalue weighted by molar-refractivity contribution is 7.99. The number of amidine groups is 1. The lowest BCUT2D eigenvalue weighted by atomic mass is 10.1. The molecule has 5 rings (SSSR count). The van der Waals surface area contributed by atoms with Crippen molar-refractivity contribution in [2.75, 3.05) is 12.4 Å². The summed E-state index contributed by atoms with van der Waals surface area (Å²) in [5.41, 5.74) is 2.13. The molecule has 0 saturated heterocycles. The quantitative estimate of drug-likeness (QED) is 0.328. The average Bonchev–Trinajstić information content (AvgIpc) is 3.21. The van der Waals surface area contributed by atoms with Crippen LogP contribution in [-0.4, -0.2) is 17.9 Å². The molecule has 9 heteroatoms. The summed E-state index contributed by atoms with van der Waals surface area (Å²) in [6.45, 7) is 0. The third-order valence-corrected chi connectivity index (χ3v) is 6.89. The van der Waals surface area contributed by atoms with E-state index in [1.807, 2.05) is 53.9 Å². The van der Waals surface area contributed by atoms with Crippen LogP contribution in [0.15, 0.2) is 86.9 Å². The van der Waals surface area contributed by atoms with E-state index in [9.17, 15) is 13.2 Å². The highest BCUT2D eigenvalue weighted by atomic mass is 32.2. The molecule has 2 heterocycles. The van der Waals surface area contributed by atoms with E-state index in [1.54, 1.807) is 7.11 Å². The van der Waals surface area contributed by atoms with Crippen molar-refractivity contribution >= 4 is 39.8 Å². The van der Waals surface area contributed by atoms with Crippen molar-refractivity contribution in [3.8, 4) is 17.0 Å². The van der Waals surface area contributed by atoms with Gasteiger partial charge in [-0.2, -0.15) is 13.2 Å². The molecule has 0 fully saturated rings. The first-order valence-corrected chi connectivity index (χ1v) is 11.5. The molecule has 0 bridgehead atoms. The number of ether oxygens (including phenoxy) is 1. The zero-order valence-corrected chi connectivity index (χ0v) is 18.8. The van der Waals surface area contributed by atoms with Gasteiger partial charge in [-0.1, -0.05) is 30.0 Å². The predicted molar refractivity (Wildman–Crippen MR) is 126 cm³/mol. The highest BCUT2D eigenvalue weighted by Gasteiger charge is 2.32. The fourth-order valence-corrected chi connectivity index (χ4v) is 5.07. The third-order valence-electron chi connectivity index (χ3n) is 5.01. The van der Waals surface area contributed by atoms with Crippen LogP contribution >= 0.6 is 23.1 Å². The van der Waals surface area contributed by atoms with Crippen molar-refractivity contribution in [1.82, 2.24) is 4.98 Å². The van der Waals surface area contributed by atoms with E-state index < -0.39 is 11.7 Å². The standard InChI is InChI=1S/C24H16F3N3OS2/c1-31-16-9-6-14(7-10-16)19-13-32-23(29-19)30-22-17-4-2-3-5-20(17)33-21-11-8-15(24(25,26)27)12-18(21)28-22/h2-13H,1H3,(H,28,29,30). The number of benzene rings is 3. The molecule has 4 nitrogen and oxygen atoms in total. The van der Waals surface area contributed by atoms with Gasteiger partial charge in [-0.15, -0.1) is 11.3 Å². The Morgan fingerprint density at radius 3 is 2.52 bits per heavy atom. The van der Waals surface area contributed by atoms with Gasteiger partial charge in [-0.25, -0.2) is 9.98 Å². The molecule has 0 atom stereocenters. The van der Waals surface area contributed by atoms with Crippen molar-refractivity contribution in [2.24, 2.45) is 4.99 Å². The molecule has 0 saturated carbocycles. The first-order chi connectivity index (χ1) is 15.9. The molecule has 4 aromatic rings. The minimum Gasteiger partial charge on any atom is -0.497 e. The number of thiazole rings is 1. The van der Waals surface area contributed by atoms with Gasteiger partial charge in [0.05, 0.1) is 24.1 Å². The smallest absolute Gasteiger partial charge is 0.416 e. The molecule has 1 aromatic heterocycles. The topological polar surface area (TPSA) is 46.5 Å². The second kappa shape index (κ2) is 8.57. The van der Waals surface area contributed by atoms with Gasteiger partial charge in [0.25, 0.3) is 0 Å². The fraction of sp³-hybridized carbons (Fsp3) is 0.0833. The molecule has 3 aromatic carbocycles. The Balaban J connectivity index is 1.55. The lowest BCUT2D eigenvalue weighted by molar-refractivity contribution is -0.137. The number of aromatic nitrogens is 1. The molecular weight excluding hydrogens is 467 g/mol. The van der Waals surface area contributed by atoms with E-state index in [1.165, 1.54) is 29.2 Å². The van der Waals surface area contributed by atoms with Gasteiger partial charge < -0.3 is 10.1 Å². The van der Waals surface area contributed by atoms with E-state index in [4.69, 9.17) is 4.74 Å². The Labute approximate surface area is 196 Å². The highest BCUT2D eigenvalue weighted by Crippen LogP contribution is 2.42. The number of alkyl halides is 3. The van der Waals surface area contributed by atoms with Gasteiger partial charge in [-0.05, 0) is 48.5 Å². The van der Waals surface area contributed by atoms with E-state index in [0.717, 1.165) is 39.6 Å². The summed E-state index contributed by atoms with van der Waals surface area (Å²) in [4.78, 5) is 10.9. The maximum absolute atomic E-state index is 13.3. The Morgan fingerprint density at radius 2 is 1.76 bits per heavy atom. The number of aliphatic imine (C=N–C) groups is 1. The van der Waals surface area contributed by atoms with Gasteiger partial charge in [-0.3, -0.25) is 0 Å². The van der Waals surface area contributed by atoms with E-state index in [0.29, 0.717) is 21.6 Å². The molecule has 33 heavy (non-hydrogen) atoms. The van der Waals surface area contributed by atoms with Gasteiger partial charge >= 0.3 is 6.18 Å². The summed E-state index contributed by atoms with van der Waals surface area (Å²) < 4.78 is 45.1. The normalized spacial score (nSPS) is 14.2. The maximum Gasteiger partial charge on any atom is 0.416 e. The van der Waals surface area contributed by atoms with Gasteiger partial charge in [0.15, 0.2) is 0 Å². The molecule has 0 radical (unpaired) electrons. The molecule has 1 N–H and O–H groups in total. The largest absolute Gasteiger partial charge is 0.497 e. The molecule has 166 valence electrons. The zero-order valence-electron chi connectivity index (χ0n) is 17.2. The number of methoxy groups -OCH3 is 1. The number of halogens is 3. The molecule has 1 aliphatic heterocycles. The number of anilines is 1. The molecule has 0 spiro atoms. The van der Waals surface area contributed by atoms with Gasteiger partial charge in [0, 0.05) is 26.3 Å². The summed E-state index contributed by atoms with van der Waals surface area (Å²) in [7, 11) is 1.61. The minimum absolute atomic E-state index is 0.358. The predicted octanol–water partition coefficient (Wildman–Crippen LogP) is 7.49. The van der Waals surface area contributed by atoms with Crippen LogP contribution in [0.1, 0.15) is 11.1 Å². The van der Waals surface area contributed by atoms with Crippen LogP contribution < -0.4 is 10.1 Å². The van der Waals surface area contributed by atoms with Crippen molar-refractivity contribution < 1.29 is 17.9 Å². The van der Waals surface area contributed by atoms with Crippen LogP contribution in [0.4, 0.5) is 24.0 Å². The van der Waals surface area contributed by atoms with Crippen LogP contribution in [0, 0.1) is 0 Å². The van der Waals surface area contributed by atoms with Crippen LogP contribution in [0.2, 0.25) is 0 Å². The van der Waals surface area contributed by atoms with Crippen molar-refractivity contribution in [3.05, 3.63) is 83.2 Å². The molecule has 0 aliphatic carbocycles. The second-order valence-corrected chi connectivity index (χ2v) is 9.06. The summed E-state index contributed by atoms with van der Waals surface area (Å²) in [5.74, 6) is 1.20. The van der Waals surface area contributed by atoms with Crippen molar-refractivity contribution in [3.63, 3.8) is 0 Å². The number of fused-ring (bicyclic) bond motifs is 2. The van der Waals surface area contributed by atoms with Gasteiger partial charge in [0.2, 0.25) is 5.13 Å². The Morgan fingerprint density at radius 1 is 0.970 bits per heavy atom. The zero-order chi connectivity index (χ0) is 23.0. The SMILES string of the molecule is COc1ccc(-c2csc(/N=C3\Nc4cc(C(F)(F)F)ccc4Sc4ccccc43)n2)cc1. The van der Waals surface area contributed by atoms with Crippen LogP contribution in [0.5, 0.6) is 5.75 Å². The number of rotatable bonds is 3. The van der Waals surface area contributed by atoms with Crippen LogP contribution in [0.3, 0.4) is 0 Å². The lowest BCUT2D eigenvalue weighted by Crippen LogP contribution is -2.14. The number of hydrogen-bond acceptors (Lipinski definition) is 5. The average molecular weight is 484 g/mol.